The molecule has 0 aromatic carbocycles. The predicted octanol–water partition coefficient (Wildman–Crippen LogP) is -0.279. The van der Waals surface area contributed by atoms with Crippen molar-refractivity contribution in [3.05, 3.63) is 24.4 Å². The van der Waals surface area contributed by atoms with E-state index in [0.717, 1.165) is 4.31 Å². The molecule has 0 spiro atoms. The molecule has 0 aliphatic rings. The summed E-state index contributed by atoms with van der Waals surface area (Å²) < 4.78 is 22.5. The average Bonchev–Trinajstić information content (AvgIpc) is 2.03. The van der Waals surface area contributed by atoms with Crippen LogP contribution in [0.2, 0.25) is 0 Å². The Labute approximate surface area is 71.0 Å². The summed E-state index contributed by atoms with van der Waals surface area (Å²) in [6, 6.07) is 4.94. The summed E-state index contributed by atoms with van der Waals surface area (Å²) in [6.45, 7) is 0. The van der Waals surface area contributed by atoms with Gasteiger partial charge in [-0.05, 0) is 12.1 Å². The van der Waals surface area contributed by atoms with Crippen LogP contribution in [0.1, 0.15) is 0 Å². The fraction of sp³-hybridized carbons (Fsp3) is 0.167. The van der Waals surface area contributed by atoms with Crippen LogP contribution in [-0.4, -0.2) is 20.4 Å². The van der Waals surface area contributed by atoms with E-state index in [1.165, 1.54) is 13.2 Å². The van der Waals surface area contributed by atoms with E-state index < -0.39 is 10.2 Å². The Bertz CT molecular complexity index is 348. The van der Waals surface area contributed by atoms with Crippen molar-refractivity contribution in [1.82, 2.24) is 4.98 Å². The van der Waals surface area contributed by atoms with Gasteiger partial charge in [0, 0.05) is 13.2 Å². The Hall–Kier alpha value is -1.14. The Morgan fingerprint density at radius 2 is 2.17 bits per heavy atom. The lowest BCUT2D eigenvalue weighted by Gasteiger charge is -2.13. The third kappa shape index (κ3) is 1.93. The van der Waals surface area contributed by atoms with E-state index in [9.17, 15) is 8.42 Å². The molecule has 2 N–H and O–H groups in total. The maximum Gasteiger partial charge on any atom is 0.299 e. The van der Waals surface area contributed by atoms with Gasteiger partial charge in [0.2, 0.25) is 0 Å². The molecule has 0 saturated carbocycles. The van der Waals surface area contributed by atoms with Crippen molar-refractivity contribution in [1.29, 1.82) is 0 Å². The average molecular weight is 187 g/mol. The third-order valence-electron chi connectivity index (χ3n) is 1.35. The van der Waals surface area contributed by atoms with Crippen LogP contribution in [0.3, 0.4) is 0 Å². The molecule has 66 valence electrons. The highest BCUT2D eigenvalue weighted by molar-refractivity contribution is 7.90. The first kappa shape index (κ1) is 8.95. The van der Waals surface area contributed by atoms with Gasteiger partial charge in [0.1, 0.15) is 5.82 Å². The summed E-state index contributed by atoms with van der Waals surface area (Å²) in [5.41, 5.74) is 0. The monoisotopic (exact) mass is 187 g/mol. The lowest BCUT2D eigenvalue weighted by atomic mass is 10.5. The molecule has 0 aliphatic heterocycles. The number of anilines is 1. The van der Waals surface area contributed by atoms with Crippen LogP contribution in [0.4, 0.5) is 5.82 Å². The number of nitrogens with zero attached hydrogens (tertiary/aromatic N) is 2. The SMILES string of the molecule is CN(c1ccccn1)S(N)(=O)=O. The number of pyridine rings is 1. The first-order chi connectivity index (χ1) is 5.52. The normalized spacial score (nSPS) is 11.2. The summed E-state index contributed by atoms with van der Waals surface area (Å²) >= 11 is 0. The minimum Gasteiger partial charge on any atom is -0.244 e. The van der Waals surface area contributed by atoms with Crippen LogP contribution >= 0.6 is 0 Å². The summed E-state index contributed by atoms with van der Waals surface area (Å²) in [7, 11) is -2.34. The topological polar surface area (TPSA) is 76.3 Å². The zero-order valence-corrected chi connectivity index (χ0v) is 7.32. The first-order valence-corrected chi connectivity index (χ1v) is 4.70. The van der Waals surface area contributed by atoms with Gasteiger partial charge in [-0.25, -0.2) is 14.4 Å². The summed E-state index contributed by atoms with van der Waals surface area (Å²) in [5.74, 6) is 0.306. The standard InChI is InChI=1S/C6H9N3O2S/c1-9(12(7,10)11)6-4-2-3-5-8-6/h2-5H,1H3,(H2,7,10,11). The molecule has 0 bridgehead atoms. The van der Waals surface area contributed by atoms with Crippen LogP contribution in [-0.2, 0) is 10.2 Å². The van der Waals surface area contributed by atoms with Crippen molar-refractivity contribution in [2.24, 2.45) is 5.14 Å². The largest absolute Gasteiger partial charge is 0.299 e. The molecule has 1 aromatic heterocycles. The Kier molecular flexibility index (Phi) is 2.30. The first-order valence-electron chi connectivity index (χ1n) is 3.19. The fourth-order valence-electron chi connectivity index (χ4n) is 0.670. The zero-order chi connectivity index (χ0) is 9.19. The molecule has 0 atom stereocenters. The van der Waals surface area contributed by atoms with Crippen molar-refractivity contribution >= 4 is 16.0 Å². The van der Waals surface area contributed by atoms with Crippen LogP contribution < -0.4 is 9.44 Å². The van der Waals surface area contributed by atoms with Gasteiger partial charge in [0.05, 0.1) is 0 Å². The van der Waals surface area contributed by atoms with Gasteiger partial charge in [-0.1, -0.05) is 6.07 Å². The number of hydrogen-bond acceptors (Lipinski definition) is 3. The van der Waals surface area contributed by atoms with Gasteiger partial charge in [-0.2, -0.15) is 8.42 Å². The summed E-state index contributed by atoms with van der Waals surface area (Å²) in [5, 5.41) is 4.87. The lowest BCUT2D eigenvalue weighted by Crippen LogP contribution is -2.33. The van der Waals surface area contributed by atoms with E-state index in [0.29, 0.717) is 5.82 Å². The van der Waals surface area contributed by atoms with Crippen molar-refractivity contribution in [2.75, 3.05) is 11.4 Å². The van der Waals surface area contributed by atoms with Gasteiger partial charge < -0.3 is 0 Å². The van der Waals surface area contributed by atoms with Gasteiger partial charge in [-0.3, -0.25) is 0 Å². The molecular weight excluding hydrogens is 178 g/mol. The Morgan fingerprint density at radius 3 is 2.58 bits per heavy atom. The Morgan fingerprint density at radius 1 is 1.50 bits per heavy atom. The van der Waals surface area contributed by atoms with Crippen LogP contribution in [0, 0.1) is 0 Å². The van der Waals surface area contributed by atoms with Gasteiger partial charge in [0.15, 0.2) is 0 Å². The van der Waals surface area contributed by atoms with E-state index >= 15 is 0 Å². The molecule has 0 radical (unpaired) electrons. The zero-order valence-electron chi connectivity index (χ0n) is 6.51. The van der Waals surface area contributed by atoms with E-state index in [4.69, 9.17) is 5.14 Å². The van der Waals surface area contributed by atoms with Gasteiger partial charge in [-0.15, -0.1) is 0 Å². The molecule has 1 aromatic rings. The van der Waals surface area contributed by atoms with Gasteiger partial charge in [0.25, 0.3) is 10.2 Å². The molecule has 0 saturated heterocycles. The second-order valence-electron chi connectivity index (χ2n) is 2.20. The van der Waals surface area contributed by atoms with Crippen molar-refractivity contribution < 1.29 is 8.42 Å². The molecular formula is C6H9N3O2S. The molecule has 1 heterocycles. The van der Waals surface area contributed by atoms with E-state index in [1.54, 1.807) is 18.2 Å². The fourth-order valence-corrected chi connectivity index (χ4v) is 1.04. The minimum atomic E-state index is -3.69. The molecule has 5 nitrogen and oxygen atoms in total. The molecule has 12 heavy (non-hydrogen) atoms. The molecule has 0 fully saturated rings. The maximum atomic E-state index is 10.8. The summed E-state index contributed by atoms with van der Waals surface area (Å²) in [6.07, 6.45) is 1.50. The van der Waals surface area contributed by atoms with Crippen LogP contribution in [0.25, 0.3) is 0 Å². The van der Waals surface area contributed by atoms with Gasteiger partial charge >= 0.3 is 0 Å². The van der Waals surface area contributed by atoms with E-state index in [-0.39, 0.29) is 0 Å². The smallest absolute Gasteiger partial charge is 0.244 e. The van der Waals surface area contributed by atoms with Crippen molar-refractivity contribution in [3.63, 3.8) is 0 Å². The number of aromatic nitrogens is 1. The second-order valence-corrected chi connectivity index (χ2v) is 3.78. The second kappa shape index (κ2) is 3.08. The van der Waals surface area contributed by atoms with Crippen LogP contribution in [0.5, 0.6) is 0 Å². The van der Waals surface area contributed by atoms with E-state index in [2.05, 4.69) is 4.98 Å². The maximum absolute atomic E-state index is 10.8. The van der Waals surface area contributed by atoms with E-state index in [1.807, 2.05) is 0 Å². The molecule has 1 rings (SSSR count). The number of rotatable bonds is 2. The Balaban J connectivity index is 3.02. The molecule has 0 aliphatic carbocycles. The molecule has 0 amide bonds. The highest BCUT2D eigenvalue weighted by Crippen LogP contribution is 2.07. The molecule has 0 unspecified atom stereocenters. The predicted molar refractivity (Wildman–Crippen MR) is 45.7 cm³/mol. The lowest BCUT2D eigenvalue weighted by molar-refractivity contribution is 0.595. The number of nitrogens with two attached hydrogens (primary N) is 1. The van der Waals surface area contributed by atoms with Crippen molar-refractivity contribution in [3.8, 4) is 0 Å². The third-order valence-corrected chi connectivity index (χ3v) is 2.30. The minimum absolute atomic E-state index is 0.306. The quantitative estimate of drug-likeness (QED) is 0.691. The van der Waals surface area contributed by atoms with Crippen LogP contribution in [0.15, 0.2) is 24.4 Å². The summed E-state index contributed by atoms with van der Waals surface area (Å²) in [4.78, 5) is 3.81. The molecule has 6 heteroatoms. The highest BCUT2D eigenvalue weighted by Gasteiger charge is 2.12. The van der Waals surface area contributed by atoms with Crippen molar-refractivity contribution in [2.45, 2.75) is 0 Å². The number of hydrogen-bond donors (Lipinski definition) is 1. The highest BCUT2D eigenvalue weighted by atomic mass is 32.2.